The van der Waals surface area contributed by atoms with Crippen LogP contribution in [0.2, 0.25) is 0 Å². The second kappa shape index (κ2) is 7.68. The van der Waals surface area contributed by atoms with E-state index in [0.29, 0.717) is 6.61 Å². The lowest BCUT2D eigenvalue weighted by molar-refractivity contribution is 0.0868. The van der Waals surface area contributed by atoms with Gasteiger partial charge in [0.1, 0.15) is 0 Å². The van der Waals surface area contributed by atoms with Crippen LogP contribution in [0.1, 0.15) is 19.8 Å². The second-order valence-corrected chi connectivity index (χ2v) is 6.21. The molecule has 2 aromatic rings. The molecule has 2 amide bonds. The van der Waals surface area contributed by atoms with Crippen molar-refractivity contribution in [2.24, 2.45) is 0 Å². The number of nitrogens with zero attached hydrogens (tertiary/aromatic N) is 1. The van der Waals surface area contributed by atoms with Gasteiger partial charge >= 0.3 is 6.03 Å². The molecule has 0 bridgehead atoms. The summed E-state index contributed by atoms with van der Waals surface area (Å²) in [6.07, 6.45) is 4.22. The highest BCUT2D eigenvalue weighted by atomic mass is 16.5. The van der Waals surface area contributed by atoms with Crippen molar-refractivity contribution in [3.05, 3.63) is 30.5 Å². The molecule has 130 valence electrons. The zero-order valence-electron chi connectivity index (χ0n) is 14.2. The van der Waals surface area contributed by atoms with Crippen LogP contribution in [0.15, 0.2) is 30.5 Å². The van der Waals surface area contributed by atoms with E-state index < -0.39 is 0 Å². The molecule has 1 aliphatic heterocycles. The molecule has 0 radical (unpaired) electrons. The fraction of sp³-hybridized carbons (Fsp3) is 0.500. The molecule has 3 rings (SSSR count). The first-order valence-electron chi connectivity index (χ1n) is 8.44. The van der Waals surface area contributed by atoms with Crippen molar-refractivity contribution in [1.82, 2.24) is 9.88 Å². The molecule has 2 N–H and O–H groups in total. The van der Waals surface area contributed by atoms with E-state index in [2.05, 4.69) is 15.2 Å². The Labute approximate surface area is 142 Å². The number of rotatable bonds is 6. The molecule has 0 spiro atoms. The Bertz CT molecular complexity index is 692. The normalized spacial score (nSPS) is 18.7. The van der Waals surface area contributed by atoms with Crippen molar-refractivity contribution >= 4 is 22.6 Å². The van der Waals surface area contributed by atoms with Gasteiger partial charge < -0.3 is 24.7 Å². The summed E-state index contributed by atoms with van der Waals surface area (Å²) in [7, 11) is 1.70. The second-order valence-electron chi connectivity index (χ2n) is 6.21. The fourth-order valence-corrected chi connectivity index (χ4v) is 3.13. The van der Waals surface area contributed by atoms with Gasteiger partial charge in [-0.15, -0.1) is 0 Å². The number of hydrogen-bond acceptors (Lipinski definition) is 3. The molecule has 24 heavy (non-hydrogen) atoms. The summed E-state index contributed by atoms with van der Waals surface area (Å²) >= 11 is 0. The van der Waals surface area contributed by atoms with Gasteiger partial charge in [-0.2, -0.15) is 0 Å². The summed E-state index contributed by atoms with van der Waals surface area (Å²) in [5.74, 6) is 0. The summed E-state index contributed by atoms with van der Waals surface area (Å²) in [6.45, 7) is 4.25. The van der Waals surface area contributed by atoms with Crippen molar-refractivity contribution in [1.29, 1.82) is 0 Å². The molecule has 1 aromatic carbocycles. The highest BCUT2D eigenvalue weighted by Gasteiger charge is 2.23. The number of amides is 2. The number of benzene rings is 1. The number of anilines is 1. The first-order valence-corrected chi connectivity index (χ1v) is 8.44. The number of ether oxygens (including phenoxy) is 2. The van der Waals surface area contributed by atoms with E-state index in [9.17, 15) is 4.79 Å². The zero-order chi connectivity index (χ0) is 16.9. The third-order valence-electron chi connectivity index (χ3n) is 4.45. The average Bonchev–Trinajstić information content (AvgIpc) is 3.22. The lowest BCUT2D eigenvalue weighted by Crippen LogP contribution is -2.42. The number of carbonyl (C=O) groups excluding carboxylic acids is 1. The van der Waals surface area contributed by atoms with E-state index in [1.165, 1.54) is 0 Å². The Balaban J connectivity index is 1.61. The Morgan fingerprint density at radius 1 is 1.46 bits per heavy atom. The molecule has 1 saturated heterocycles. The number of methoxy groups -OCH3 is 1. The van der Waals surface area contributed by atoms with E-state index >= 15 is 0 Å². The van der Waals surface area contributed by atoms with Crippen LogP contribution >= 0.6 is 0 Å². The monoisotopic (exact) mass is 331 g/mol. The maximum atomic E-state index is 12.2. The van der Waals surface area contributed by atoms with Crippen molar-refractivity contribution < 1.29 is 14.3 Å². The smallest absolute Gasteiger partial charge is 0.319 e. The highest BCUT2D eigenvalue weighted by molar-refractivity contribution is 5.93. The van der Waals surface area contributed by atoms with E-state index in [1.807, 2.05) is 37.4 Å². The summed E-state index contributed by atoms with van der Waals surface area (Å²) in [5.41, 5.74) is 1.91. The van der Waals surface area contributed by atoms with E-state index in [4.69, 9.17) is 9.47 Å². The van der Waals surface area contributed by atoms with E-state index in [1.54, 1.807) is 7.11 Å². The quantitative estimate of drug-likeness (QED) is 0.855. The molecule has 1 aromatic heterocycles. The fourth-order valence-electron chi connectivity index (χ4n) is 3.13. The first kappa shape index (κ1) is 16.8. The number of nitrogens with one attached hydrogen (secondary N) is 2. The maximum absolute atomic E-state index is 12.2. The van der Waals surface area contributed by atoms with Crippen LogP contribution in [-0.2, 0) is 16.0 Å². The van der Waals surface area contributed by atoms with Crippen LogP contribution in [0.5, 0.6) is 0 Å². The SMILES string of the molecule is COCCn1ccc2cc(NC(=O)N[C@H](C)[C@H]3CCCO3)ccc21. The summed E-state index contributed by atoms with van der Waals surface area (Å²) < 4.78 is 12.9. The van der Waals surface area contributed by atoms with Gasteiger partial charge in [0, 0.05) is 43.0 Å². The van der Waals surface area contributed by atoms with Gasteiger partial charge in [0.2, 0.25) is 0 Å². The van der Waals surface area contributed by atoms with Crippen LogP contribution in [0, 0.1) is 0 Å². The number of carbonyl (C=O) groups is 1. The number of hydrogen-bond donors (Lipinski definition) is 2. The van der Waals surface area contributed by atoms with Crippen LogP contribution in [0.25, 0.3) is 10.9 Å². The van der Waals surface area contributed by atoms with Crippen LogP contribution in [-0.4, -0.2) is 43.1 Å². The zero-order valence-corrected chi connectivity index (χ0v) is 14.2. The highest BCUT2D eigenvalue weighted by Crippen LogP contribution is 2.21. The molecule has 1 fully saturated rings. The van der Waals surface area contributed by atoms with Crippen LogP contribution in [0.3, 0.4) is 0 Å². The lowest BCUT2D eigenvalue weighted by atomic mass is 10.1. The minimum atomic E-state index is -0.198. The van der Waals surface area contributed by atoms with Crippen LogP contribution in [0.4, 0.5) is 10.5 Å². The van der Waals surface area contributed by atoms with Crippen molar-refractivity contribution in [3.63, 3.8) is 0 Å². The first-order chi connectivity index (χ1) is 11.7. The van der Waals surface area contributed by atoms with Gasteiger partial charge in [-0.1, -0.05) is 0 Å². The molecule has 6 heteroatoms. The summed E-state index contributed by atoms with van der Waals surface area (Å²) in [5, 5.41) is 6.95. The molecule has 2 heterocycles. The van der Waals surface area contributed by atoms with Crippen LogP contribution < -0.4 is 10.6 Å². The lowest BCUT2D eigenvalue weighted by Gasteiger charge is -2.20. The maximum Gasteiger partial charge on any atom is 0.319 e. The van der Waals surface area contributed by atoms with Gasteiger partial charge in [0.05, 0.1) is 18.8 Å². The third kappa shape index (κ3) is 3.88. The number of fused-ring (bicyclic) bond motifs is 1. The predicted octanol–water partition coefficient (Wildman–Crippen LogP) is 2.98. The molecule has 0 saturated carbocycles. The predicted molar refractivity (Wildman–Crippen MR) is 94.4 cm³/mol. The standard InChI is InChI=1S/C18H25N3O3/c1-13(17-4-3-10-24-17)19-18(22)20-15-5-6-16-14(12-15)7-8-21(16)9-11-23-2/h5-8,12-13,17H,3-4,9-11H2,1-2H3,(H2,19,20,22)/t13-,17-/m1/s1. The minimum Gasteiger partial charge on any atom is -0.383 e. The summed E-state index contributed by atoms with van der Waals surface area (Å²) in [6, 6.07) is 7.77. The molecule has 6 nitrogen and oxygen atoms in total. The molecule has 2 atom stereocenters. The summed E-state index contributed by atoms with van der Waals surface area (Å²) in [4.78, 5) is 12.2. The topological polar surface area (TPSA) is 64.5 Å². The van der Waals surface area contributed by atoms with Gasteiger partial charge in [-0.3, -0.25) is 0 Å². The average molecular weight is 331 g/mol. The molecular formula is C18H25N3O3. The third-order valence-corrected chi connectivity index (χ3v) is 4.45. The minimum absolute atomic E-state index is 0.00589. The number of urea groups is 1. The largest absolute Gasteiger partial charge is 0.383 e. The molecule has 0 unspecified atom stereocenters. The Morgan fingerprint density at radius 3 is 3.08 bits per heavy atom. The van der Waals surface area contributed by atoms with Gasteiger partial charge in [-0.25, -0.2) is 4.79 Å². The molecule has 0 aliphatic carbocycles. The van der Waals surface area contributed by atoms with E-state index in [0.717, 1.165) is 42.6 Å². The van der Waals surface area contributed by atoms with Crippen molar-refractivity contribution in [2.45, 2.75) is 38.5 Å². The molecular weight excluding hydrogens is 306 g/mol. The Morgan fingerprint density at radius 2 is 2.33 bits per heavy atom. The van der Waals surface area contributed by atoms with Gasteiger partial charge in [0.15, 0.2) is 0 Å². The van der Waals surface area contributed by atoms with Crippen molar-refractivity contribution in [3.8, 4) is 0 Å². The number of aromatic nitrogens is 1. The van der Waals surface area contributed by atoms with E-state index in [-0.39, 0.29) is 18.2 Å². The molecule has 1 aliphatic rings. The van der Waals surface area contributed by atoms with Gasteiger partial charge in [-0.05, 0) is 44.0 Å². The van der Waals surface area contributed by atoms with Gasteiger partial charge in [0.25, 0.3) is 0 Å². The van der Waals surface area contributed by atoms with Crippen molar-refractivity contribution in [2.75, 3.05) is 25.6 Å². The Hall–Kier alpha value is -2.05. The Kier molecular flexibility index (Phi) is 5.37.